The summed E-state index contributed by atoms with van der Waals surface area (Å²) in [6.07, 6.45) is -0.0257. The van der Waals surface area contributed by atoms with Crippen molar-refractivity contribution in [3.63, 3.8) is 0 Å². The summed E-state index contributed by atoms with van der Waals surface area (Å²) in [5.74, 6) is -12.6. The zero-order valence-corrected chi connectivity index (χ0v) is 11.3. The van der Waals surface area contributed by atoms with Crippen molar-refractivity contribution in [2.45, 2.75) is 38.4 Å². The van der Waals surface area contributed by atoms with Crippen LogP contribution in [0.3, 0.4) is 0 Å². The predicted octanol–water partition coefficient (Wildman–Crippen LogP) is 4.46. The molecule has 116 valence electrons. The number of hydrogen-bond donors (Lipinski definition) is 0. The fourth-order valence-corrected chi connectivity index (χ4v) is 1.74. The summed E-state index contributed by atoms with van der Waals surface area (Å²) >= 11 is 0. The van der Waals surface area contributed by atoms with Gasteiger partial charge < -0.3 is 9.47 Å². The molecule has 1 aromatic carbocycles. The molecule has 0 saturated heterocycles. The van der Waals surface area contributed by atoms with Gasteiger partial charge in [-0.15, -0.1) is 0 Å². The average Bonchev–Trinajstić information content (AvgIpc) is 2.39. The SMILES string of the molecule is CC(C)Oc1ccc(COC2=C(F)C(F)(F)C2(F)F)cc1. The van der Waals surface area contributed by atoms with E-state index in [0.29, 0.717) is 11.3 Å². The third-order valence-electron chi connectivity index (χ3n) is 2.83. The van der Waals surface area contributed by atoms with E-state index < -0.39 is 30.0 Å². The number of benzene rings is 1. The van der Waals surface area contributed by atoms with E-state index in [0.717, 1.165) is 0 Å². The maximum Gasteiger partial charge on any atom is 0.375 e. The third kappa shape index (κ3) is 2.69. The first kappa shape index (κ1) is 15.6. The van der Waals surface area contributed by atoms with Crippen LogP contribution < -0.4 is 4.74 Å². The van der Waals surface area contributed by atoms with Gasteiger partial charge >= 0.3 is 11.8 Å². The summed E-state index contributed by atoms with van der Waals surface area (Å²) in [7, 11) is 0. The molecule has 1 aliphatic rings. The quantitative estimate of drug-likeness (QED) is 0.748. The minimum Gasteiger partial charge on any atom is -0.491 e. The number of alkyl halides is 4. The molecule has 0 N–H and O–H groups in total. The molecule has 1 aromatic rings. The Morgan fingerprint density at radius 1 is 1.00 bits per heavy atom. The van der Waals surface area contributed by atoms with E-state index in [1.807, 2.05) is 13.8 Å². The molecule has 0 fully saturated rings. The molecule has 21 heavy (non-hydrogen) atoms. The Morgan fingerprint density at radius 3 is 2.05 bits per heavy atom. The molecule has 0 amide bonds. The highest BCUT2D eigenvalue weighted by atomic mass is 19.3. The second-order valence-electron chi connectivity index (χ2n) is 4.89. The predicted molar refractivity (Wildman–Crippen MR) is 65.0 cm³/mol. The van der Waals surface area contributed by atoms with Crippen LogP contribution in [-0.2, 0) is 11.3 Å². The minimum absolute atomic E-state index is 0.0257. The standard InChI is InChI=1S/C14H13F5O2/c1-8(2)21-10-5-3-9(4-6-10)7-20-12-11(15)13(16,17)14(12,18)19/h3-6,8H,7H2,1-2H3. The van der Waals surface area contributed by atoms with E-state index in [-0.39, 0.29) is 6.10 Å². The maximum absolute atomic E-state index is 12.9. The second-order valence-corrected chi connectivity index (χ2v) is 4.89. The lowest BCUT2D eigenvalue weighted by Crippen LogP contribution is -2.53. The molecule has 0 radical (unpaired) electrons. The first-order valence-corrected chi connectivity index (χ1v) is 6.21. The van der Waals surface area contributed by atoms with E-state index in [4.69, 9.17) is 4.74 Å². The summed E-state index contributed by atoms with van der Waals surface area (Å²) in [4.78, 5) is 0. The van der Waals surface area contributed by atoms with Crippen molar-refractivity contribution in [1.29, 1.82) is 0 Å². The number of ether oxygens (including phenoxy) is 2. The molecule has 0 atom stereocenters. The van der Waals surface area contributed by atoms with Gasteiger partial charge in [-0.2, -0.15) is 17.6 Å². The lowest BCUT2D eigenvalue weighted by atomic mass is 9.96. The Balaban J connectivity index is 2.00. The van der Waals surface area contributed by atoms with Crippen LogP contribution in [0.4, 0.5) is 22.0 Å². The van der Waals surface area contributed by atoms with E-state index in [1.54, 1.807) is 12.1 Å². The zero-order valence-electron chi connectivity index (χ0n) is 11.3. The summed E-state index contributed by atoms with van der Waals surface area (Å²) in [6, 6.07) is 6.20. The number of rotatable bonds is 5. The van der Waals surface area contributed by atoms with Crippen molar-refractivity contribution in [2.24, 2.45) is 0 Å². The Kier molecular flexibility index (Phi) is 3.86. The molecule has 0 bridgehead atoms. The van der Waals surface area contributed by atoms with Crippen LogP contribution in [0.2, 0.25) is 0 Å². The molecular formula is C14H13F5O2. The summed E-state index contributed by atoms with van der Waals surface area (Å²) in [5.41, 5.74) is 0.428. The molecule has 1 aliphatic carbocycles. The van der Waals surface area contributed by atoms with E-state index in [2.05, 4.69) is 4.74 Å². The average molecular weight is 308 g/mol. The van der Waals surface area contributed by atoms with Gasteiger partial charge in [-0.05, 0) is 31.5 Å². The van der Waals surface area contributed by atoms with Crippen LogP contribution in [0.5, 0.6) is 5.75 Å². The molecule has 0 saturated carbocycles. The zero-order chi connectivity index (χ0) is 15.8. The summed E-state index contributed by atoms with van der Waals surface area (Å²) in [6.45, 7) is 3.24. The van der Waals surface area contributed by atoms with Gasteiger partial charge in [0.2, 0.25) is 11.6 Å². The molecule has 0 heterocycles. The first-order valence-electron chi connectivity index (χ1n) is 6.21. The summed E-state index contributed by atoms with van der Waals surface area (Å²) in [5, 5.41) is 0. The maximum atomic E-state index is 12.9. The van der Waals surface area contributed by atoms with Crippen LogP contribution in [-0.4, -0.2) is 17.9 Å². The molecule has 7 heteroatoms. The van der Waals surface area contributed by atoms with Crippen molar-refractivity contribution in [3.8, 4) is 5.75 Å². The normalized spacial score (nSPS) is 19.4. The van der Waals surface area contributed by atoms with Gasteiger partial charge in [0.25, 0.3) is 0 Å². The monoisotopic (exact) mass is 308 g/mol. The Labute approximate surface area is 118 Å². The Hall–Kier alpha value is -1.79. The lowest BCUT2D eigenvalue weighted by Gasteiger charge is -2.35. The smallest absolute Gasteiger partial charge is 0.375 e. The van der Waals surface area contributed by atoms with E-state index in [9.17, 15) is 22.0 Å². The topological polar surface area (TPSA) is 18.5 Å². The van der Waals surface area contributed by atoms with Crippen molar-refractivity contribution in [2.75, 3.05) is 0 Å². The summed E-state index contributed by atoms with van der Waals surface area (Å²) < 4.78 is 73.8. The van der Waals surface area contributed by atoms with Gasteiger partial charge in [-0.3, -0.25) is 0 Å². The highest BCUT2D eigenvalue weighted by molar-refractivity contribution is 5.36. The van der Waals surface area contributed by atoms with Gasteiger partial charge in [-0.1, -0.05) is 12.1 Å². The fourth-order valence-electron chi connectivity index (χ4n) is 1.74. The van der Waals surface area contributed by atoms with Gasteiger partial charge in [0.1, 0.15) is 12.4 Å². The van der Waals surface area contributed by atoms with Crippen LogP contribution in [0, 0.1) is 0 Å². The van der Waals surface area contributed by atoms with Gasteiger partial charge in [0.05, 0.1) is 6.10 Å². The van der Waals surface area contributed by atoms with Gasteiger partial charge in [0.15, 0.2) is 0 Å². The largest absolute Gasteiger partial charge is 0.491 e. The van der Waals surface area contributed by atoms with Crippen molar-refractivity contribution < 1.29 is 31.4 Å². The molecule has 2 nitrogen and oxygen atoms in total. The van der Waals surface area contributed by atoms with Crippen LogP contribution >= 0.6 is 0 Å². The Bertz CT molecular complexity index is 549. The highest BCUT2D eigenvalue weighted by Gasteiger charge is 2.74. The molecule has 2 rings (SSSR count). The molecule has 0 aromatic heterocycles. The first-order chi connectivity index (χ1) is 9.66. The molecular weight excluding hydrogens is 295 g/mol. The number of allylic oxidation sites excluding steroid dienone is 2. The highest BCUT2D eigenvalue weighted by Crippen LogP contribution is 2.56. The minimum atomic E-state index is -4.78. The van der Waals surface area contributed by atoms with E-state index in [1.165, 1.54) is 12.1 Å². The van der Waals surface area contributed by atoms with Gasteiger partial charge in [0, 0.05) is 0 Å². The van der Waals surface area contributed by atoms with Crippen molar-refractivity contribution in [3.05, 3.63) is 41.4 Å². The van der Waals surface area contributed by atoms with Crippen molar-refractivity contribution >= 4 is 0 Å². The molecule has 0 unspecified atom stereocenters. The molecule has 0 aliphatic heterocycles. The third-order valence-corrected chi connectivity index (χ3v) is 2.83. The van der Waals surface area contributed by atoms with Crippen LogP contribution in [0.15, 0.2) is 35.9 Å². The van der Waals surface area contributed by atoms with Gasteiger partial charge in [-0.25, -0.2) is 4.39 Å². The second kappa shape index (κ2) is 5.20. The fraction of sp³-hybridized carbons (Fsp3) is 0.429. The van der Waals surface area contributed by atoms with Crippen LogP contribution in [0.1, 0.15) is 19.4 Å². The van der Waals surface area contributed by atoms with Crippen molar-refractivity contribution in [1.82, 2.24) is 0 Å². The lowest BCUT2D eigenvalue weighted by molar-refractivity contribution is -0.233. The molecule has 0 spiro atoms. The number of halogens is 5. The number of hydrogen-bond acceptors (Lipinski definition) is 2. The van der Waals surface area contributed by atoms with Crippen LogP contribution in [0.25, 0.3) is 0 Å². The van der Waals surface area contributed by atoms with E-state index >= 15 is 0 Å². The Morgan fingerprint density at radius 2 is 1.57 bits per heavy atom.